The van der Waals surface area contributed by atoms with Crippen LogP contribution in [-0.2, 0) is 14.2 Å². The minimum Gasteiger partial charge on any atom is -0.507 e. The van der Waals surface area contributed by atoms with Crippen molar-refractivity contribution in [2.24, 2.45) is 0 Å². The number of hydrogen-bond acceptors (Lipinski definition) is 18. The highest BCUT2D eigenvalue weighted by molar-refractivity contribution is 5.94. The molecule has 2 aromatic carbocycles. The van der Waals surface area contributed by atoms with Crippen LogP contribution >= 0.6 is 0 Å². The van der Waals surface area contributed by atoms with Crippen LogP contribution < -0.4 is 24.4 Å². The molecule has 18 nitrogen and oxygen atoms in total. The minimum atomic E-state index is -1.93. The van der Waals surface area contributed by atoms with Gasteiger partial charge in [0.25, 0.3) is 0 Å². The highest BCUT2D eigenvalue weighted by atomic mass is 16.8. The van der Waals surface area contributed by atoms with Gasteiger partial charge in [-0.25, -0.2) is 0 Å². The van der Waals surface area contributed by atoms with Gasteiger partial charge in [-0.05, 0) is 12.1 Å². The first-order chi connectivity index (χ1) is 22.9. The summed E-state index contributed by atoms with van der Waals surface area (Å²) in [4.78, 5) is 13.8. The van der Waals surface area contributed by atoms with Crippen LogP contribution in [0.5, 0.6) is 34.5 Å². The Hall–Kier alpha value is -3.95. The number of benzene rings is 2. The number of ether oxygens (including phenoxy) is 7. The molecule has 0 amide bonds. The molecule has 0 bridgehead atoms. The zero-order chi connectivity index (χ0) is 35.0. The number of hydrogen-bond donors (Lipinski definition) is 9. The van der Waals surface area contributed by atoms with Gasteiger partial charge in [0.1, 0.15) is 65.4 Å². The van der Waals surface area contributed by atoms with Crippen molar-refractivity contribution < 1.29 is 83.5 Å². The Balaban J connectivity index is 1.62. The van der Waals surface area contributed by atoms with Gasteiger partial charge in [0.15, 0.2) is 29.5 Å². The summed E-state index contributed by atoms with van der Waals surface area (Å²) in [5, 5.41) is 93.1. The lowest BCUT2D eigenvalue weighted by molar-refractivity contribution is -0.357. The zero-order valence-electron chi connectivity index (χ0n) is 25.7. The van der Waals surface area contributed by atoms with E-state index in [1.807, 2.05) is 0 Å². The first-order valence-electron chi connectivity index (χ1n) is 14.5. The average molecular weight is 685 g/mol. The SMILES string of the molecule is COc1ccc(-c2oc3c(OC)c(OC)cc(O[C@@H]4O[C@H](CO)[C@H](O)[C@H](O)[C@H]4O[C@@H]4O[C@H](CO)[C@@H](O)[C@H](O)[C@H]4O)c3c(=O)c2O)c(O)c1. The van der Waals surface area contributed by atoms with Crippen LogP contribution in [0.1, 0.15) is 0 Å². The van der Waals surface area contributed by atoms with Gasteiger partial charge in [-0.2, -0.15) is 0 Å². The van der Waals surface area contributed by atoms with Gasteiger partial charge in [-0.15, -0.1) is 0 Å². The Kier molecular flexibility index (Phi) is 10.5. The standard InChI is InChI=1S/C30H36O18/c1-41-10-4-5-11(12(33)6-10)25-23(39)20(36)17-13(7-14(42-2)26(43-3)27(17)47-25)44-30-28(22(38)19(35)16(9-32)46-30)48-29-24(40)21(37)18(34)15(8-31)45-29/h4-7,15-16,18-19,21-22,24,28-35,37-40H,8-9H2,1-3H3/t15-,16-,18-,19+,21+,22+,24-,28-,29+,30-/m1/s1. The highest BCUT2D eigenvalue weighted by Gasteiger charge is 2.51. The third kappa shape index (κ3) is 6.18. The summed E-state index contributed by atoms with van der Waals surface area (Å²) in [6.45, 7) is -1.62. The summed E-state index contributed by atoms with van der Waals surface area (Å²) in [6.07, 6.45) is -17.6. The van der Waals surface area contributed by atoms with E-state index in [9.17, 15) is 50.8 Å². The molecule has 5 rings (SSSR count). The van der Waals surface area contributed by atoms with E-state index in [2.05, 4.69) is 0 Å². The number of rotatable bonds is 10. The van der Waals surface area contributed by atoms with Gasteiger partial charge in [-0.1, -0.05) is 0 Å². The minimum absolute atomic E-state index is 0.0692. The first-order valence-corrected chi connectivity index (χ1v) is 14.5. The van der Waals surface area contributed by atoms with Crippen molar-refractivity contribution in [2.75, 3.05) is 34.5 Å². The summed E-state index contributed by atoms with van der Waals surface area (Å²) in [7, 11) is 3.87. The Morgan fingerprint density at radius 1 is 0.750 bits per heavy atom. The van der Waals surface area contributed by atoms with E-state index in [4.69, 9.17) is 37.6 Å². The molecule has 2 fully saturated rings. The lowest BCUT2D eigenvalue weighted by Gasteiger charge is -2.45. The normalized spacial score (nSPS) is 30.6. The van der Waals surface area contributed by atoms with E-state index < -0.39 is 108 Å². The van der Waals surface area contributed by atoms with Crippen LogP contribution in [0.15, 0.2) is 33.5 Å². The van der Waals surface area contributed by atoms with Gasteiger partial charge in [-0.3, -0.25) is 4.79 Å². The summed E-state index contributed by atoms with van der Waals surface area (Å²) in [5.74, 6) is -2.16. The Bertz CT molecular complexity index is 1660. The average Bonchev–Trinajstić information content (AvgIpc) is 3.08. The molecule has 0 spiro atoms. The fourth-order valence-corrected chi connectivity index (χ4v) is 5.49. The molecule has 10 atom stereocenters. The third-order valence-corrected chi connectivity index (χ3v) is 8.11. The van der Waals surface area contributed by atoms with E-state index in [-0.39, 0.29) is 28.4 Å². The molecule has 2 aliphatic rings. The molecule has 2 saturated heterocycles. The number of aliphatic hydroxyl groups is 7. The predicted molar refractivity (Wildman–Crippen MR) is 158 cm³/mol. The number of aromatic hydroxyl groups is 2. The Morgan fingerprint density at radius 3 is 1.98 bits per heavy atom. The van der Waals surface area contributed by atoms with Crippen molar-refractivity contribution in [2.45, 2.75) is 61.4 Å². The second-order valence-electron chi connectivity index (χ2n) is 10.9. The van der Waals surface area contributed by atoms with Crippen molar-refractivity contribution in [3.8, 4) is 45.8 Å². The van der Waals surface area contributed by atoms with Crippen LogP contribution in [0, 0.1) is 0 Å². The monoisotopic (exact) mass is 684 g/mol. The molecular formula is C30H36O18. The van der Waals surface area contributed by atoms with E-state index >= 15 is 0 Å². The molecule has 0 unspecified atom stereocenters. The molecule has 9 N–H and O–H groups in total. The topological polar surface area (TPSA) is 277 Å². The van der Waals surface area contributed by atoms with Gasteiger partial charge in [0.2, 0.25) is 23.2 Å². The summed E-state index contributed by atoms with van der Waals surface area (Å²) >= 11 is 0. The quantitative estimate of drug-likeness (QED) is 0.111. The van der Waals surface area contributed by atoms with Crippen molar-refractivity contribution >= 4 is 11.0 Å². The molecule has 3 heterocycles. The molecule has 2 aliphatic heterocycles. The third-order valence-electron chi connectivity index (χ3n) is 8.11. The van der Waals surface area contributed by atoms with Crippen LogP contribution in [0.4, 0.5) is 0 Å². The van der Waals surface area contributed by atoms with Gasteiger partial charge >= 0.3 is 0 Å². The molecule has 0 radical (unpaired) electrons. The van der Waals surface area contributed by atoms with Crippen LogP contribution in [0.25, 0.3) is 22.3 Å². The molecule has 1 aromatic heterocycles. The van der Waals surface area contributed by atoms with Gasteiger partial charge < -0.3 is 83.5 Å². The van der Waals surface area contributed by atoms with Crippen molar-refractivity contribution in [3.05, 3.63) is 34.5 Å². The summed E-state index contributed by atoms with van der Waals surface area (Å²) < 4.78 is 44.6. The summed E-state index contributed by atoms with van der Waals surface area (Å²) in [5.41, 5.74) is -1.51. The lowest BCUT2D eigenvalue weighted by Crippen LogP contribution is -2.65. The molecule has 0 aliphatic carbocycles. The van der Waals surface area contributed by atoms with Crippen LogP contribution in [0.3, 0.4) is 0 Å². The number of phenols is 1. The largest absolute Gasteiger partial charge is 0.507 e. The first kappa shape index (κ1) is 35.4. The highest BCUT2D eigenvalue weighted by Crippen LogP contribution is 2.46. The fourth-order valence-electron chi connectivity index (χ4n) is 5.49. The maximum Gasteiger partial charge on any atom is 0.238 e. The number of fused-ring (bicyclic) bond motifs is 1. The van der Waals surface area contributed by atoms with E-state index in [1.54, 1.807) is 0 Å². The number of methoxy groups -OCH3 is 3. The second kappa shape index (κ2) is 14.3. The van der Waals surface area contributed by atoms with Crippen LogP contribution in [-0.4, -0.2) is 142 Å². The maximum atomic E-state index is 13.8. The fraction of sp³-hybridized carbons (Fsp3) is 0.500. The van der Waals surface area contributed by atoms with Crippen molar-refractivity contribution in [1.29, 1.82) is 0 Å². The molecule has 18 heteroatoms. The molecule has 3 aromatic rings. The maximum absolute atomic E-state index is 13.8. The second-order valence-corrected chi connectivity index (χ2v) is 10.9. The van der Waals surface area contributed by atoms with Crippen molar-refractivity contribution in [1.82, 2.24) is 0 Å². The molecule has 264 valence electrons. The van der Waals surface area contributed by atoms with Gasteiger partial charge in [0.05, 0.1) is 40.1 Å². The molecule has 48 heavy (non-hydrogen) atoms. The zero-order valence-corrected chi connectivity index (χ0v) is 25.7. The lowest BCUT2D eigenvalue weighted by atomic mass is 9.97. The van der Waals surface area contributed by atoms with E-state index in [0.29, 0.717) is 0 Å². The predicted octanol–water partition coefficient (Wildman–Crippen LogP) is -2.10. The number of phenolic OH excluding ortho intramolecular Hbond substituents is 1. The van der Waals surface area contributed by atoms with Crippen LogP contribution in [0.2, 0.25) is 0 Å². The van der Waals surface area contributed by atoms with E-state index in [0.717, 1.165) is 6.07 Å². The smallest absolute Gasteiger partial charge is 0.238 e. The molecule has 0 saturated carbocycles. The Labute approximate surface area is 271 Å². The Morgan fingerprint density at radius 2 is 1.40 bits per heavy atom. The van der Waals surface area contributed by atoms with Crippen molar-refractivity contribution in [3.63, 3.8) is 0 Å². The van der Waals surface area contributed by atoms with E-state index in [1.165, 1.54) is 39.5 Å². The summed E-state index contributed by atoms with van der Waals surface area (Å²) in [6, 6.07) is 5.16. The van der Waals surface area contributed by atoms with Gasteiger partial charge in [0, 0.05) is 12.1 Å². The number of aliphatic hydroxyl groups excluding tert-OH is 7. The molecular weight excluding hydrogens is 648 g/mol.